The fourth-order valence-electron chi connectivity index (χ4n) is 4.03. The molecule has 1 aliphatic heterocycles. The van der Waals surface area contributed by atoms with Crippen LogP contribution < -0.4 is 26.2 Å². The van der Waals surface area contributed by atoms with Crippen molar-refractivity contribution in [3.8, 4) is 17.1 Å². The number of nitrogens with zero attached hydrogens (tertiary/aromatic N) is 2. The highest BCUT2D eigenvalue weighted by molar-refractivity contribution is 5.90. The van der Waals surface area contributed by atoms with Gasteiger partial charge in [-0.25, -0.2) is 15.9 Å². The van der Waals surface area contributed by atoms with Crippen molar-refractivity contribution < 1.29 is 19.2 Å². The summed E-state index contributed by atoms with van der Waals surface area (Å²) in [5.41, 5.74) is 7.41. The molecule has 0 spiro atoms. The lowest BCUT2D eigenvalue weighted by atomic mass is 10.0. The van der Waals surface area contributed by atoms with Crippen LogP contribution in [-0.4, -0.2) is 34.7 Å². The molecular formula is C23H27N5O5. The highest BCUT2D eigenvalue weighted by Crippen LogP contribution is 2.34. The van der Waals surface area contributed by atoms with Gasteiger partial charge in [0.25, 0.3) is 5.56 Å². The molecule has 1 atom stereocenters. The van der Waals surface area contributed by atoms with Crippen LogP contribution in [0.5, 0.6) is 5.75 Å². The van der Waals surface area contributed by atoms with Crippen LogP contribution in [0.15, 0.2) is 39.5 Å². The van der Waals surface area contributed by atoms with E-state index in [4.69, 9.17) is 19.3 Å². The van der Waals surface area contributed by atoms with Gasteiger partial charge in [0.15, 0.2) is 5.76 Å². The van der Waals surface area contributed by atoms with Crippen molar-refractivity contribution in [2.24, 2.45) is 0 Å². The van der Waals surface area contributed by atoms with Gasteiger partial charge >= 0.3 is 5.91 Å². The number of amides is 1. The quantitative estimate of drug-likeness (QED) is 0.302. The summed E-state index contributed by atoms with van der Waals surface area (Å²) in [5, 5.41) is 10.5. The Bertz CT molecular complexity index is 1220. The number of aromatic nitrogens is 2. The minimum atomic E-state index is -0.714. The van der Waals surface area contributed by atoms with E-state index in [1.807, 2.05) is 32.2 Å². The number of carbonyl (C=O) groups is 1. The normalized spacial score (nSPS) is 14.9. The van der Waals surface area contributed by atoms with Crippen LogP contribution in [0.2, 0.25) is 0 Å². The third kappa shape index (κ3) is 4.48. The second-order valence-electron chi connectivity index (χ2n) is 7.82. The van der Waals surface area contributed by atoms with E-state index in [0.717, 1.165) is 24.1 Å². The lowest BCUT2D eigenvalue weighted by Gasteiger charge is -2.13. The van der Waals surface area contributed by atoms with Gasteiger partial charge in [-0.2, -0.15) is 0 Å². The number of H-pyrrole nitrogens is 1. The first-order valence-corrected chi connectivity index (χ1v) is 10.9. The predicted molar refractivity (Wildman–Crippen MR) is 121 cm³/mol. The Kier molecular flexibility index (Phi) is 6.47. The van der Waals surface area contributed by atoms with Crippen molar-refractivity contribution in [2.45, 2.75) is 39.2 Å². The second kappa shape index (κ2) is 9.47. The van der Waals surface area contributed by atoms with Gasteiger partial charge in [-0.15, -0.1) is 0 Å². The molecule has 3 aromatic rings. The average molecular weight is 453 g/mol. The summed E-state index contributed by atoms with van der Waals surface area (Å²) in [6, 6.07) is 8.75. The summed E-state index contributed by atoms with van der Waals surface area (Å²) in [7, 11) is 1.81. The number of carbonyl (C=O) groups excluding carboxylic acids is 1. The molecule has 4 rings (SSSR count). The van der Waals surface area contributed by atoms with Crippen LogP contribution in [0.1, 0.15) is 60.3 Å². The molecule has 0 aliphatic carbocycles. The van der Waals surface area contributed by atoms with Crippen LogP contribution in [-0.2, 0) is 6.42 Å². The maximum atomic E-state index is 12.9. The molecule has 1 aliphatic rings. The molecule has 4 N–H and O–H groups in total. The van der Waals surface area contributed by atoms with E-state index in [-0.39, 0.29) is 17.4 Å². The number of nitrogens with one attached hydrogen (secondary N) is 3. The van der Waals surface area contributed by atoms with Gasteiger partial charge in [0, 0.05) is 13.5 Å². The van der Waals surface area contributed by atoms with Crippen LogP contribution in [0.25, 0.3) is 11.4 Å². The summed E-state index contributed by atoms with van der Waals surface area (Å²) in [5.74, 6) is 0.890. The Morgan fingerprint density at radius 3 is 2.85 bits per heavy atom. The zero-order valence-corrected chi connectivity index (χ0v) is 18.8. The van der Waals surface area contributed by atoms with Crippen molar-refractivity contribution >= 4 is 11.6 Å². The van der Waals surface area contributed by atoms with E-state index >= 15 is 0 Å². The molecule has 1 aromatic carbocycles. The SMILES string of the molecule is CCCC1NN(C)c2c1nc(-c1cc(Cc3ccc(C(=O)NO)o3)ccc1OCC)[nH]c2=O. The van der Waals surface area contributed by atoms with Crippen LogP contribution >= 0.6 is 0 Å². The highest BCUT2D eigenvalue weighted by Gasteiger charge is 2.31. The number of ether oxygens (including phenoxy) is 1. The summed E-state index contributed by atoms with van der Waals surface area (Å²) < 4.78 is 11.3. The number of furan rings is 1. The molecule has 0 bridgehead atoms. The van der Waals surface area contributed by atoms with Crippen molar-refractivity contribution in [2.75, 3.05) is 18.7 Å². The van der Waals surface area contributed by atoms with E-state index in [0.29, 0.717) is 41.6 Å². The molecular weight excluding hydrogens is 426 g/mol. The molecule has 0 saturated carbocycles. The number of hydroxylamine groups is 1. The first-order valence-electron chi connectivity index (χ1n) is 10.9. The van der Waals surface area contributed by atoms with E-state index in [2.05, 4.69) is 17.3 Å². The fourth-order valence-corrected chi connectivity index (χ4v) is 4.03. The number of hydrazine groups is 1. The third-order valence-electron chi connectivity index (χ3n) is 5.48. The summed E-state index contributed by atoms with van der Waals surface area (Å²) in [6.07, 6.45) is 2.21. The molecule has 1 unspecified atom stereocenters. The van der Waals surface area contributed by atoms with Gasteiger partial charge in [0.1, 0.15) is 23.0 Å². The number of aromatic amines is 1. The molecule has 33 heavy (non-hydrogen) atoms. The lowest BCUT2D eigenvalue weighted by Crippen LogP contribution is -2.32. The average Bonchev–Trinajstić information content (AvgIpc) is 3.39. The lowest BCUT2D eigenvalue weighted by molar-refractivity contribution is 0.0674. The Balaban J connectivity index is 1.73. The smallest absolute Gasteiger partial charge is 0.310 e. The van der Waals surface area contributed by atoms with Gasteiger partial charge in [0.2, 0.25) is 0 Å². The molecule has 0 fully saturated rings. The minimum absolute atomic E-state index is 0.0156. The van der Waals surface area contributed by atoms with E-state index < -0.39 is 5.91 Å². The zero-order chi connectivity index (χ0) is 23.5. The van der Waals surface area contributed by atoms with Crippen molar-refractivity contribution in [3.63, 3.8) is 0 Å². The first-order chi connectivity index (χ1) is 15.9. The maximum Gasteiger partial charge on any atom is 0.310 e. The van der Waals surface area contributed by atoms with E-state index in [1.54, 1.807) is 16.6 Å². The van der Waals surface area contributed by atoms with Gasteiger partial charge in [-0.05, 0) is 43.2 Å². The zero-order valence-electron chi connectivity index (χ0n) is 18.8. The van der Waals surface area contributed by atoms with Gasteiger partial charge in [-0.3, -0.25) is 14.8 Å². The number of hydrogen-bond donors (Lipinski definition) is 4. The van der Waals surface area contributed by atoms with E-state index in [1.165, 1.54) is 6.07 Å². The van der Waals surface area contributed by atoms with Crippen LogP contribution in [0, 0.1) is 0 Å². The number of fused-ring (bicyclic) bond motifs is 1. The Hall–Kier alpha value is -3.63. The number of hydrogen-bond acceptors (Lipinski definition) is 8. The van der Waals surface area contributed by atoms with Crippen molar-refractivity contribution in [3.05, 3.63) is 63.5 Å². The second-order valence-corrected chi connectivity index (χ2v) is 7.82. The van der Waals surface area contributed by atoms with E-state index in [9.17, 15) is 9.59 Å². The molecule has 10 heteroatoms. The standard InChI is InChI=1S/C23H27N5O5/c1-4-6-16-19-20(28(3)26-16)23(30)25-21(24-19)15-12-13(7-9-17(15)32-5-2)11-14-8-10-18(33-14)22(29)27-31/h7-10,12,16,26,31H,4-6,11H2,1-3H3,(H,27,29)(H,24,25,30). The largest absolute Gasteiger partial charge is 0.493 e. The molecule has 1 amide bonds. The summed E-state index contributed by atoms with van der Waals surface area (Å²) >= 11 is 0. The predicted octanol–water partition coefficient (Wildman–Crippen LogP) is 2.93. The van der Waals surface area contributed by atoms with Crippen molar-refractivity contribution in [1.82, 2.24) is 20.9 Å². The van der Waals surface area contributed by atoms with Gasteiger partial charge < -0.3 is 19.1 Å². The summed E-state index contributed by atoms with van der Waals surface area (Å²) in [4.78, 5) is 32.2. The third-order valence-corrected chi connectivity index (χ3v) is 5.48. The highest BCUT2D eigenvalue weighted by atomic mass is 16.5. The number of anilines is 1. The van der Waals surface area contributed by atoms with Crippen molar-refractivity contribution in [1.29, 1.82) is 0 Å². The minimum Gasteiger partial charge on any atom is -0.493 e. The van der Waals surface area contributed by atoms with Crippen LogP contribution in [0.4, 0.5) is 5.69 Å². The van der Waals surface area contributed by atoms with Gasteiger partial charge in [-0.1, -0.05) is 19.4 Å². The molecule has 174 valence electrons. The number of rotatable bonds is 8. The van der Waals surface area contributed by atoms with Gasteiger partial charge in [0.05, 0.1) is 23.9 Å². The first kappa shape index (κ1) is 22.6. The maximum absolute atomic E-state index is 12.9. The fraction of sp³-hybridized carbons (Fsp3) is 0.348. The molecule has 2 aromatic heterocycles. The molecule has 0 radical (unpaired) electrons. The molecule has 0 saturated heterocycles. The molecule has 10 nitrogen and oxygen atoms in total. The Labute approximate surface area is 190 Å². The summed E-state index contributed by atoms with van der Waals surface area (Å²) in [6.45, 7) is 4.44. The molecule has 3 heterocycles. The Morgan fingerprint density at radius 1 is 1.30 bits per heavy atom. The Morgan fingerprint density at radius 2 is 2.12 bits per heavy atom. The topological polar surface area (TPSA) is 133 Å². The monoisotopic (exact) mass is 453 g/mol. The van der Waals surface area contributed by atoms with Crippen LogP contribution in [0.3, 0.4) is 0 Å². The number of benzene rings is 1.